The number of nitro groups is 1. The summed E-state index contributed by atoms with van der Waals surface area (Å²) in [5.41, 5.74) is 0.0884. The van der Waals surface area contributed by atoms with Crippen molar-refractivity contribution in [3.63, 3.8) is 0 Å². The zero-order valence-corrected chi connectivity index (χ0v) is 15.5. The number of hydrogen-bond acceptors (Lipinski definition) is 3. The summed E-state index contributed by atoms with van der Waals surface area (Å²) in [5, 5.41) is 11.0. The van der Waals surface area contributed by atoms with Crippen molar-refractivity contribution < 1.29 is 9.72 Å². The first-order chi connectivity index (χ1) is 12.7. The van der Waals surface area contributed by atoms with E-state index in [0.717, 1.165) is 32.0 Å². The maximum Gasteiger partial charge on any atom is 0.265 e. The van der Waals surface area contributed by atoms with E-state index in [1.165, 1.54) is 6.08 Å². The first kappa shape index (κ1) is 23.2. The van der Waals surface area contributed by atoms with Crippen LogP contribution in [0.5, 0.6) is 0 Å². The van der Waals surface area contributed by atoms with Crippen LogP contribution >= 0.6 is 0 Å². The number of carbonyl (C=O) groups is 1. The summed E-state index contributed by atoms with van der Waals surface area (Å²) >= 11 is 0. The number of nitrogens with zero attached hydrogens (tertiary/aromatic N) is 1. The molecule has 0 aliphatic rings. The van der Waals surface area contributed by atoms with Gasteiger partial charge in [-0.05, 0) is 38.2 Å². The predicted octanol–water partition coefficient (Wildman–Crippen LogP) is 6.04. The molecule has 0 saturated heterocycles. The van der Waals surface area contributed by atoms with E-state index >= 15 is 0 Å². The van der Waals surface area contributed by atoms with Crippen molar-refractivity contribution in [2.45, 2.75) is 45.4 Å². The monoisotopic (exact) mass is 355 g/mol. The lowest BCUT2D eigenvalue weighted by Crippen LogP contribution is -1.94. The Bertz CT molecular complexity index is 591. The number of rotatable bonds is 14. The van der Waals surface area contributed by atoms with Crippen molar-refractivity contribution in [2.24, 2.45) is 0 Å². The van der Waals surface area contributed by atoms with E-state index in [4.69, 9.17) is 0 Å². The van der Waals surface area contributed by atoms with Crippen LogP contribution in [0.3, 0.4) is 0 Å². The summed E-state index contributed by atoms with van der Waals surface area (Å²) in [4.78, 5) is 20.8. The van der Waals surface area contributed by atoms with Crippen molar-refractivity contribution in [1.82, 2.24) is 0 Å². The summed E-state index contributed by atoms with van der Waals surface area (Å²) in [5.74, 6) is 0. The summed E-state index contributed by atoms with van der Waals surface area (Å²) in [6.07, 6.45) is 29.7. The Morgan fingerprint density at radius 1 is 0.808 bits per heavy atom. The van der Waals surface area contributed by atoms with E-state index in [1.807, 2.05) is 42.5 Å². The van der Waals surface area contributed by atoms with Crippen LogP contribution in [0.4, 0.5) is 0 Å². The number of carbonyl (C=O) groups excluding carboxylic acids is 1. The zero-order chi connectivity index (χ0) is 19.3. The Kier molecular flexibility index (Phi) is 16.6. The Hall–Kier alpha value is -2.75. The lowest BCUT2D eigenvalue weighted by Gasteiger charge is -1.89. The van der Waals surface area contributed by atoms with Crippen LogP contribution < -0.4 is 0 Å². The molecule has 4 nitrogen and oxygen atoms in total. The molecular weight excluding hydrogens is 326 g/mol. The molecule has 26 heavy (non-hydrogen) atoms. The lowest BCUT2D eigenvalue weighted by molar-refractivity contribution is -0.419. The van der Waals surface area contributed by atoms with Crippen LogP contribution in [0, 0.1) is 10.1 Å². The molecule has 0 amide bonds. The fraction of sp³-hybridized carbons (Fsp3) is 0.318. The van der Waals surface area contributed by atoms with Gasteiger partial charge in [-0.25, -0.2) is 0 Å². The van der Waals surface area contributed by atoms with Crippen molar-refractivity contribution in [1.29, 1.82) is 0 Å². The molecule has 0 heterocycles. The molecule has 0 aliphatic heterocycles. The maximum atomic E-state index is 11.0. The van der Waals surface area contributed by atoms with Gasteiger partial charge in [0.05, 0.1) is 4.92 Å². The molecule has 0 spiro atoms. The fourth-order valence-electron chi connectivity index (χ4n) is 1.82. The Balaban J connectivity index is 4.25. The third kappa shape index (κ3) is 16.1. The van der Waals surface area contributed by atoms with Gasteiger partial charge in [0.25, 0.3) is 5.70 Å². The van der Waals surface area contributed by atoms with Crippen LogP contribution in [0.15, 0.2) is 84.7 Å². The minimum absolute atomic E-state index is 0.0884. The first-order valence-electron chi connectivity index (χ1n) is 8.95. The second kappa shape index (κ2) is 18.6. The van der Waals surface area contributed by atoms with Crippen LogP contribution in [0.2, 0.25) is 0 Å². The van der Waals surface area contributed by atoms with Gasteiger partial charge in [0.2, 0.25) is 0 Å². The van der Waals surface area contributed by atoms with Crippen molar-refractivity contribution in [3.05, 3.63) is 94.8 Å². The molecule has 0 unspecified atom stereocenters. The molecule has 0 aromatic heterocycles. The molecule has 0 aromatic carbocycles. The quantitative estimate of drug-likeness (QED) is 0.0952. The van der Waals surface area contributed by atoms with Gasteiger partial charge < -0.3 is 4.79 Å². The number of hydrogen-bond donors (Lipinski definition) is 0. The smallest absolute Gasteiger partial charge is 0.265 e. The third-order valence-corrected chi connectivity index (χ3v) is 3.14. The molecule has 0 saturated carbocycles. The molecule has 0 aliphatic carbocycles. The van der Waals surface area contributed by atoms with Gasteiger partial charge in [0, 0.05) is 12.5 Å². The largest absolute Gasteiger partial charge is 0.303 e. The van der Waals surface area contributed by atoms with Crippen LogP contribution in [-0.4, -0.2) is 11.2 Å². The first-order valence-corrected chi connectivity index (χ1v) is 8.95. The molecule has 140 valence electrons. The number of unbranched alkanes of at least 4 members (excludes halogenated alkanes) is 1. The second-order valence-electron chi connectivity index (χ2n) is 5.33. The van der Waals surface area contributed by atoms with Gasteiger partial charge in [-0.15, -0.1) is 0 Å². The molecule has 0 fully saturated rings. The van der Waals surface area contributed by atoms with Crippen molar-refractivity contribution >= 4 is 6.29 Å². The summed E-state index contributed by atoms with van der Waals surface area (Å²) < 4.78 is 0. The van der Waals surface area contributed by atoms with Gasteiger partial charge in [-0.2, -0.15) is 0 Å². The fourth-order valence-corrected chi connectivity index (χ4v) is 1.82. The molecular formula is C22H29NO3. The normalized spacial score (nSPS) is 13.5. The Labute approximate surface area is 156 Å². The minimum Gasteiger partial charge on any atom is -0.303 e. The summed E-state index contributed by atoms with van der Waals surface area (Å²) in [6.45, 7) is 2.08. The standard InChI is InChI=1S/C22H29NO3/c1-2-3-4-5-10-13-16-19-22(23(25)26)20-17-14-11-8-6-7-9-12-15-18-21-24/h3-4,6,8-14,17,19-21H,2,5,7,15-16,18H2,1H3/b4-3-,8-6-,12-9-,13-10-,14-11-,20-17-,22-19+. The molecule has 0 atom stereocenters. The molecule has 0 N–H and O–H groups in total. The molecule has 0 aromatic rings. The summed E-state index contributed by atoms with van der Waals surface area (Å²) in [7, 11) is 0. The average molecular weight is 355 g/mol. The van der Waals surface area contributed by atoms with E-state index in [2.05, 4.69) is 19.1 Å². The molecule has 0 rings (SSSR count). The van der Waals surface area contributed by atoms with Gasteiger partial charge in [0.1, 0.15) is 6.29 Å². The summed E-state index contributed by atoms with van der Waals surface area (Å²) in [6, 6.07) is 0. The van der Waals surface area contributed by atoms with E-state index in [1.54, 1.807) is 18.2 Å². The van der Waals surface area contributed by atoms with Gasteiger partial charge in [0.15, 0.2) is 0 Å². The molecule has 4 heteroatoms. The van der Waals surface area contributed by atoms with E-state index in [-0.39, 0.29) is 10.6 Å². The topological polar surface area (TPSA) is 60.2 Å². The van der Waals surface area contributed by atoms with Gasteiger partial charge >= 0.3 is 0 Å². The van der Waals surface area contributed by atoms with Crippen molar-refractivity contribution in [3.8, 4) is 0 Å². The van der Waals surface area contributed by atoms with Crippen molar-refractivity contribution in [2.75, 3.05) is 0 Å². The van der Waals surface area contributed by atoms with Crippen LogP contribution in [0.25, 0.3) is 0 Å². The molecule has 0 bridgehead atoms. The lowest BCUT2D eigenvalue weighted by atomic mass is 10.2. The van der Waals surface area contributed by atoms with E-state index < -0.39 is 0 Å². The predicted molar refractivity (Wildman–Crippen MR) is 109 cm³/mol. The van der Waals surface area contributed by atoms with E-state index in [9.17, 15) is 14.9 Å². The number of aldehydes is 1. The minimum atomic E-state index is -0.380. The van der Waals surface area contributed by atoms with Crippen LogP contribution in [-0.2, 0) is 4.79 Å². The molecule has 0 radical (unpaired) electrons. The van der Waals surface area contributed by atoms with Gasteiger partial charge in [-0.1, -0.05) is 73.8 Å². The average Bonchev–Trinajstić information content (AvgIpc) is 2.63. The highest BCUT2D eigenvalue weighted by Gasteiger charge is 2.02. The highest BCUT2D eigenvalue weighted by atomic mass is 16.6. The second-order valence-corrected chi connectivity index (χ2v) is 5.33. The SMILES string of the molecule is CC/C=C\C/C=C\C\C=C(/C=C\C=C/C=C\C/C=C\CCC=O)[N+](=O)[O-]. The zero-order valence-electron chi connectivity index (χ0n) is 15.5. The van der Waals surface area contributed by atoms with Gasteiger partial charge in [-0.3, -0.25) is 10.1 Å². The van der Waals surface area contributed by atoms with Crippen LogP contribution in [0.1, 0.15) is 45.4 Å². The highest BCUT2D eigenvalue weighted by Crippen LogP contribution is 2.02. The Morgan fingerprint density at radius 2 is 1.46 bits per heavy atom. The third-order valence-electron chi connectivity index (χ3n) is 3.14. The maximum absolute atomic E-state index is 11.0. The highest BCUT2D eigenvalue weighted by molar-refractivity contribution is 5.49. The Morgan fingerprint density at radius 3 is 2.19 bits per heavy atom. The number of allylic oxidation sites excluding steroid dienone is 13. The van der Waals surface area contributed by atoms with E-state index in [0.29, 0.717) is 12.8 Å².